The maximum Gasteiger partial charge on any atom is 0.227 e. The van der Waals surface area contributed by atoms with Gasteiger partial charge in [-0.1, -0.05) is 6.07 Å². The molecule has 1 aromatic carbocycles. The van der Waals surface area contributed by atoms with Crippen molar-refractivity contribution in [3.8, 4) is 0 Å². The number of rotatable bonds is 4. The Bertz CT molecular complexity index is 797. The minimum Gasteiger partial charge on any atom is -0.467 e. The average Bonchev–Trinajstić information content (AvgIpc) is 3.34. The minimum atomic E-state index is -0.321. The minimum absolute atomic E-state index is 0.0174. The van der Waals surface area contributed by atoms with Gasteiger partial charge in [-0.25, -0.2) is 0 Å². The highest BCUT2D eigenvalue weighted by atomic mass is 16.3. The summed E-state index contributed by atoms with van der Waals surface area (Å²) in [5.41, 5.74) is 3.64. The first-order chi connectivity index (χ1) is 12.1. The second-order valence-corrected chi connectivity index (χ2v) is 6.96. The Kier molecular flexibility index (Phi) is 4.07. The summed E-state index contributed by atoms with van der Waals surface area (Å²) in [4.78, 5) is 26.7. The van der Waals surface area contributed by atoms with Gasteiger partial charge in [0.15, 0.2) is 0 Å². The van der Waals surface area contributed by atoms with Crippen LogP contribution in [0.5, 0.6) is 0 Å². The molecule has 1 aliphatic carbocycles. The molecule has 5 heteroatoms. The zero-order valence-corrected chi connectivity index (χ0v) is 14.3. The zero-order chi connectivity index (χ0) is 17.4. The molecule has 5 nitrogen and oxygen atoms in total. The summed E-state index contributed by atoms with van der Waals surface area (Å²) in [6.07, 6.45) is 5.23. The second-order valence-electron chi connectivity index (χ2n) is 6.96. The Hall–Kier alpha value is -2.56. The first-order valence-electron chi connectivity index (χ1n) is 8.88. The van der Waals surface area contributed by atoms with E-state index in [0.29, 0.717) is 12.3 Å². The van der Waals surface area contributed by atoms with Crippen molar-refractivity contribution >= 4 is 17.5 Å². The van der Waals surface area contributed by atoms with Crippen molar-refractivity contribution in [2.45, 2.75) is 38.6 Å². The molecule has 0 spiro atoms. The maximum absolute atomic E-state index is 12.5. The Balaban J connectivity index is 1.44. The lowest BCUT2D eigenvalue weighted by Gasteiger charge is -2.18. The van der Waals surface area contributed by atoms with Crippen molar-refractivity contribution in [2.24, 2.45) is 5.92 Å². The third kappa shape index (κ3) is 3.06. The Morgan fingerprint density at radius 3 is 2.92 bits per heavy atom. The lowest BCUT2D eigenvalue weighted by atomic mass is 10.1. The molecule has 2 aromatic rings. The van der Waals surface area contributed by atoms with Crippen molar-refractivity contribution < 1.29 is 14.0 Å². The van der Waals surface area contributed by atoms with Crippen LogP contribution in [0.4, 0.5) is 5.69 Å². The molecule has 2 aliphatic rings. The molecule has 0 bridgehead atoms. The molecule has 0 radical (unpaired) electrons. The molecule has 25 heavy (non-hydrogen) atoms. The van der Waals surface area contributed by atoms with Gasteiger partial charge in [0, 0.05) is 18.7 Å². The van der Waals surface area contributed by atoms with Gasteiger partial charge in [0.1, 0.15) is 5.76 Å². The van der Waals surface area contributed by atoms with E-state index in [-0.39, 0.29) is 30.2 Å². The SMILES string of the molecule is C[C@H](NC(=O)[C@H]1CC(=O)N(c2ccc3c(c2)CCC3)C1)c1ccco1. The molecule has 1 N–H and O–H groups in total. The standard InChI is InChI=1S/C20H22N2O3/c1-13(18-6-3-9-25-18)21-20(24)16-11-19(23)22(12-16)17-8-7-14-4-2-5-15(14)10-17/h3,6-10,13,16H,2,4-5,11-12H2,1H3,(H,21,24)/t13-,16-/m0/s1. The van der Waals surface area contributed by atoms with Crippen LogP contribution in [0, 0.1) is 5.92 Å². The molecule has 1 saturated heterocycles. The number of nitrogens with one attached hydrogen (secondary N) is 1. The van der Waals surface area contributed by atoms with E-state index in [2.05, 4.69) is 17.4 Å². The smallest absolute Gasteiger partial charge is 0.227 e. The van der Waals surface area contributed by atoms with E-state index in [9.17, 15) is 9.59 Å². The number of hydrogen-bond acceptors (Lipinski definition) is 3. The molecule has 1 aromatic heterocycles. The third-order valence-electron chi connectivity index (χ3n) is 5.22. The van der Waals surface area contributed by atoms with Gasteiger partial charge in [-0.2, -0.15) is 0 Å². The van der Waals surface area contributed by atoms with E-state index in [1.54, 1.807) is 17.2 Å². The van der Waals surface area contributed by atoms with Crippen LogP contribution in [0.1, 0.15) is 42.7 Å². The molecule has 2 amide bonds. The first kappa shape index (κ1) is 15.9. The van der Waals surface area contributed by atoms with Crippen molar-refractivity contribution in [3.05, 3.63) is 53.5 Å². The summed E-state index contributed by atoms with van der Waals surface area (Å²) in [5, 5.41) is 2.95. The lowest BCUT2D eigenvalue weighted by molar-refractivity contribution is -0.127. The number of carbonyl (C=O) groups is 2. The van der Waals surface area contributed by atoms with Crippen molar-refractivity contribution in [1.82, 2.24) is 5.32 Å². The fourth-order valence-corrected chi connectivity index (χ4v) is 3.80. The number of hydrogen-bond donors (Lipinski definition) is 1. The molecular formula is C20H22N2O3. The molecule has 130 valence electrons. The van der Waals surface area contributed by atoms with Crippen LogP contribution in [-0.4, -0.2) is 18.4 Å². The second kappa shape index (κ2) is 6.39. The Morgan fingerprint density at radius 1 is 1.28 bits per heavy atom. The molecule has 1 fully saturated rings. The molecule has 1 aliphatic heterocycles. The van der Waals surface area contributed by atoms with E-state index < -0.39 is 0 Å². The molecule has 2 heterocycles. The van der Waals surface area contributed by atoms with Crippen LogP contribution < -0.4 is 10.2 Å². The topological polar surface area (TPSA) is 62.6 Å². The fourth-order valence-electron chi connectivity index (χ4n) is 3.80. The van der Waals surface area contributed by atoms with Crippen molar-refractivity contribution in [3.63, 3.8) is 0 Å². The Labute approximate surface area is 147 Å². The van der Waals surface area contributed by atoms with E-state index in [1.165, 1.54) is 17.5 Å². The van der Waals surface area contributed by atoms with Crippen LogP contribution >= 0.6 is 0 Å². The lowest BCUT2D eigenvalue weighted by Crippen LogP contribution is -2.34. The maximum atomic E-state index is 12.5. The largest absolute Gasteiger partial charge is 0.467 e. The highest BCUT2D eigenvalue weighted by molar-refractivity contribution is 6.00. The summed E-state index contributed by atoms with van der Waals surface area (Å²) in [6, 6.07) is 9.68. The van der Waals surface area contributed by atoms with Gasteiger partial charge in [0.25, 0.3) is 0 Å². The normalized spacial score (nSPS) is 20.6. The molecule has 0 unspecified atom stereocenters. The van der Waals surface area contributed by atoms with Crippen LogP contribution in [0.3, 0.4) is 0 Å². The van der Waals surface area contributed by atoms with Crippen molar-refractivity contribution in [1.29, 1.82) is 0 Å². The third-order valence-corrected chi connectivity index (χ3v) is 5.22. The van der Waals surface area contributed by atoms with Crippen LogP contribution in [-0.2, 0) is 22.4 Å². The number of amides is 2. The summed E-state index contributed by atoms with van der Waals surface area (Å²) in [5.74, 6) is 0.316. The predicted octanol–water partition coefficient (Wildman–Crippen LogP) is 3.00. The van der Waals surface area contributed by atoms with Gasteiger partial charge < -0.3 is 14.6 Å². The number of aryl methyl sites for hydroxylation is 2. The van der Waals surface area contributed by atoms with Gasteiger partial charge in [0.05, 0.1) is 18.2 Å². The van der Waals surface area contributed by atoms with E-state index in [1.807, 2.05) is 19.1 Å². The highest BCUT2D eigenvalue weighted by Crippen LogP contribution is 2.30. The van der Waals surface area contributed by atoms with Crippen LogP contribution in [0.2, 0.25) is 0 Å². The summed E-state index contributed by atoms with van der Waals surface area (Å²) < 4.78 is 5.32. The number of benzene rings is 1. The van der Waals surface area contributed by atoms with Crippen LogP contribution in [0.25, 0.3) is 0 Å². The monoisotopic (exact) mass is 338 g/mol. The number of carbonyl (C=O) groups excluding carboxylic acids is 2. The van der Waals surface area contributed by atoms with Gasteiger partial charge in [-0.05, 0) is 61.6 Å². The first-order valence-corrected chi connectivity index (χ1v) is 8.88. The summed E-state index contributed by atoms with van der Waals surface area (Å²) >= 11 is 0. The Morgan fingerprint density at radius 2 is 2.12 bits per heavy atom. The van der Waals surface area contributed by atoms with Gasteiger partial charge in [0.2, 0.25) is 11.8 Å². The predicted molar refractivity (Wildman–Crippen MR) is 94.2 cm³/mol. The highest BCUT2D eigenvalue weighted by Gasteiger charge is 2.36. The van der Waals surface area contributed by atoms with Crippen LogP contribution in [0.15, 0.2) is 41.0 Å². The van der Waals surface area contributed by atoms with E-state index in [0.717, 1.165) is 18.5 Å². The molecule has 4 rings (SSSR count). The summed E-state index contributed by atoms with van der Waals surface area (Å²) in [6.45, 7) is 2.32. The number of anilines is 1. The average molecular weight is 338 g/mol. The molecule has 0 saturated carbocycles. The zero-order valence-electron chi connectivity index (χ0n) is 14.3. The van der Waals surface area contributed by atoms with Gasteiger partial charge in [-0.15, -0.1) is 0 Å². The van der Waals surface area contributed by atoms with Gasteiger partial charge in [-0.3, -0.25) is 9.59 Å². The van der Waals surface area contributed by atoms with Gasteiger partial charge >= 0.3 is 0 Å². The number of furan rings is 1. The molecule has 2 atom stereocenters. The molecular weight excluding hydrogens is 316 g/mol. The summed E-state index contributed by atoms with van der Waals surface area (Å²) in [7, 11) is 0. The number of fused-ring (bicyclic) bond motifs is 1. The fraction of sp³-hybridized carbons (Fsp3) is 0.400. The van der Waals surface area contributed by atoms with E-state index in [4.69, 9.17) is 4.42 Å². The van der Waals surface area contributed by atoms with Crippen molar-refractivity contribution in [2.75, 3.05) is 11.4 Å². The number of nitrogens with zero attached hydrogens (tertiary/aromatic N) is 1. The quantitative estimate of drug-likeness (QED) is 0.932. The van der Waals surface area contributed by atoms with E-state index >= 15 is 0 Å².